The number of benzene rings is 1. The maximum atomic E-state index is 5.94. The van der Waals surface area contributed by atoms with Crippen LogP contribution in [0, 0.1) is 0 Å². The lowest BCUT2D eigenvalue weighted by molar-refractivity contribution is 0.656. The Bertz CT molecular complexity index is 508. The van der Waals surface area contributed by atoms with Gasteiger partial charge in [-0.25, -0.2) is 0 Å². The van der Waals surface area contributed by atoms with E-state index in [0.29, 0.717) is 10.0 Å². The highest BCUT2D eigenvalue weighted by atomic mass is 35.5. The molecule has 1 N–H and O–H groups in total. The van der Waals surface area contributed by atoms with Crippen LogP contribution >= 0.6 is 23.2 Å². The molecular weight excluding hydrogens is 257 g/mol. The minimum Gasteiger partial charge on any atom is -0.307 e. The van der Waals surface area contributed by atoms with Crippen molar-refractivity contribution in [2.45, 2.75) is 13.1 Å². The normalized spacial score (nSPS) is 10.8. The van der Waals surface area contributed by atoms with Gasteiger partial charge in [-0.2, -0.15) is 5.10 Å². The van der Waals surface area contributed by atoms with Gasteiger partial charge in [-0.05, 0) is 23.8 Å². The van der Waals surface area contributed by atoms with Crippen LogP contribution in [0.2, 0.25) is 10.0 Å². The predicted octanol–water partition coefficient (Wildman–Crippen LogP) is 3.02. The van der Waals surface area contributed by atoms with Crippen LogP contribution in [0.4, 0.5) is 0 Å². The number of nitrogens with zero attached hydrogens (tertiary/aromatic N) is 2. The first-order valence-electron chi connectivity index (χ1n) is 5.28. The second-order valence-electron chi connectivity index (χ2n) is 3.83. The average molecular weight is 270 g/mol. The minimum absolute atomic E-state index is 0.583. The van der Waals surface area contributed by atoms with Crippen molar-refractivity contribution in [3.05, 3.63) is 51.8 Å². The zero-order chi connectivity index (χ0) is 12.3. The Morgan fingerprint density at radius 2 is 2.00 bits per heavy atom. The lowest BCUT2D eigenvalue weighted by atomic mass is 10.2. The van der Waals surface area contributed by atoms with Crippen molar-refractivity contribution in [1.29, 1.82) is 0 Å². The second kappa shape index (κ2) is 5.54. The lowest BCUT2D eigenvalue weighted by Crippen LogP contribution is -2.13. The lowest BCUT2D eigenvalue weighted by Gasteiger charge is -2.04. The molecule has 0 aliphatic carbocycles. The van der Waals surface area contributed by atoms with Gasteiger partial charge in [-0.15, -0.1) is 0 Å². The Hall–Kier alpha value is -1.03. The van der Waals surface area contributed by atoms with Crippen LogP contribution in [0.25, 0.3) is 0 Å². The summed E-state index contributed by atoms with van der Waals surface area (Å²) in [7, 11) is 1.91. The summed E-state index contributed by atoms with van der Waals surface area (Å²) in [5, 5.41) is 8.75. The predicted molar refractivity (Wildman–Crippen MR) is 70.2 cm³/mol. The quantitative estimate of drug-likeness (QED) is 0.925. The molecule has 0 unspecified atom stereocenters. The van der Waals surface area contributed by atoms with E-state index in [2.05, 4.69) is 10.4 Å². The van der Waals surface area contributed by atoms with Gasteiger partial charge in [0, 0.05) is 26.3 Å². The Balaban J connectivity index is 1.87. The topological polar surface area (TPSA) is 29.9 Å². The van der Waals surface area contributed by atoms with Gasteiger partial charge >= 0.3 is 0 Å². The molecule has 0 fully saturated rings. The largest absolute Gasteiger partial charge is 0.307 e. The fourth-order valence-corrected chi connectivity index (χ4v) is 1.86. The van der Waals surface area contributed by atoms with Crippen LogP contribution in [0.3, 0.4) is 0 Å². The standard InChI is InChI=1S/C12H13Cl2N3/c1-17-5-4-10(16-17)8-15-7-9-2-3-11(13)12(14)6-9/h2-6,15H,7-8H2,1H3. The molecule has 3 nitrogen and oxygen atoms in total. The van der Waals surface area contributed by atoms with Crippen molar-refractivity contribution in [3.63, 3.8) is 0 Å². The number of aromatic nitrogens is 2. The SMILES string of the molecule is Cn1ccc(CNCc2ccc(Cl)c(Cl)c2)n1. The Morgan fingerprint density at radius 3 is 2.65 bits per heavy atom. The van der Waals surface area contributed by atoms with Crippen molar-refractivity contribution in [2.75, 3.05) is 0 Å². The fourth-order valence-electron chi connectivity index (χ4n) is 1.54. The summed E-state index contributed by atoms with van der Waals surface area (Å²) in [5.41, 5.74) is 2.13. The van der Waals surface area contributed by atoms with Gasteiger partial charge in [0.15, 0.2) is 0 Å². The van der Waals surface area contributed by atoms with Crippen molar-refractivity contribution >= 4 is 23.2 Å². The zero-order valence-electron chi connectivity index (χ0n) is 9.45. The number of rotatable bonds is 4. The van der Waals surface area contributed by atoms with Crippen LogP contribution < -0.4 is 5.32 Å². The molecule has 1 heterocycles. The molecular formula is C12H13Cl2N3. The number of halogens is 2. The average Bonchev–Trinajstić information content (AvgIpc) is 2.70. The summed E-state index contributed by atoms with van der Waals surface area (Å²) in [6.45, 7) is 1.48. The zero-order valence-corrected chi connectivity index (χ0v) is 11.0. The van der Waals surface area contributed by atoms with E-state index in [-0.39, 0.29) is 0 Å². The molecule has 0 amide bonds. The molecule has 0 radical (unpaired) electrons. The molecule has 0 saturated carbocycles. The molecule has 2 aromatic rings. The van der Waals surface area contributed by atoms with Gasteiger partial charge in [0.1, 0.15) is 0 Å². The summed E-state index contributed by atoms with van der Waals surface area (Å²) in [6, 6.07) is 7.62. The highest BCUT2D eigenvalue weighted by molar-refractivity contribution is 6.42. The summed E-state index contributed by atoms with van der Waals surface area (Å²) in [5.74, 6) is 0. The van der Waals surface area contributed by atoms with Gasteiger partial charge in [-0.3, -0.25) is 4.68 Å². The molecule has 0 spiro atoms. The van der Waals surface area contributed by atoms with Gasteiger partial charge in [0.25, 0.3) is 0 Å². The number of aryl methyl sites for hydroxylation is 1. The van der Waals surface area contributed by atoms with E-state index in [1.165, 1.54) is 0 Å². The third-order valence-corrected chi connectivity index (χ3v) is 3.13. The maximum absolute atomic E-state index is 5.94. The number of hydrogen-bond acceptors (Lipinski definition) is 2. The molecule has 17 heavy (non-hydrogen) atoms. The first-order chi connectivity index (χ1) is 8.15. The highest BCUT2D eigenvalue weighted by Crippen LogP contribution is 2.22. The molecule has 90 valence electrons. The van der Waals surface area contributed by atoms with E-state index in [0.717, 1.165) is 24.3 Å². The minimum atomic E-state index is 0.583. The first-order valence-corrected chi connectivity index (χ1v) is 6.04. The van der Waals surface area contributed by atoms with E-state index in [1.807, 2.05) is 37.5 Å². The van der Waals surface area contributed by atoms with Crippen LogP contribution in [-0.4, -0.2) is 9.78 Å². The molecule has 5 heteroatoms. The van der Waals surface area contributed by atoms with Gasteiger partial charge in [0.2, 0.25) is 0 Å². The molecule has 0 aliphatic rings. The van der Waals surface area contributed by atoms with Gasteiger partial charge < -0.3 is 5.32 Å². The molecule has 0 aliphatic heterocycles. The monoisotopic (exact) mass is 269 g/mol. The van der Waals surface area contributed by atoms with Crippen molar-refractivity contribution in [1.82, 2.24) is 15.1 Å². The van der Waals surface area contributed by atoms with Crippen LogP contribution in [0.15, 0.2) is 30.5 Å². The van der Waals surface area contributed by atoms with Gasteiger partial charge in [-0.1, -0.05) is 29.3 Å². The van der Waals surface area contributed by atoms with E-state index >= 15 is 0 Å². The molecule has 1 aromatic heterocycles. The Morgan fingerprint density at radius 1 is 1.18 bits per heavy atom. The van der Waals surface area contributed by atoms with E-state index in [4.69, 9.17) is 23.2 Å². The summed E-state index contributed by atoms with van der Waals surface area (Å²) < 4.78 is 1.79. The van der Waals surface area contributed by atoms with Crippen LogP contribution in [0.1, 0.15) is 11.3 Å². The van der Waals surface area contributed by atoms with Crippen molar-refractivity contribution < 1.29 is 0 Å². The Labute approximate surface area is 110 Å². The number of hydrogen-bond donors (Lipinski definition) is 1. The van der Waals surface area contributed by atoms with Crippen molar-refractivity contribution in [2.24, 2.45) is 7.05 Å². The van der Waals surface area contributed by atoms with E-state index in [9.17, 15) is 0 Å². The van der Waals surface area contributed by atoms with E-state index < -0.39 is 0 Å². The van der Waals surface area contributed by atoms with E-state index in [1.54, 1.807) is 4.68 Å². The summed E-state index contributed by atoms with van der Waals surface area (Å²) in [4.78, 5) is 0. The number of nitrogens with one attached hydrogen (secondary N) is 1. The summed E-state index contributed by atoms with van der Waals surface area (Å²) in [6.07, 6.45) is 1.93. The van der Waals surface area contributed by atoms with Crippen molar-refractivity contribution in [3.8, 4) is 0 Å². The highest BCUT2D eigenvalue weighted by Gasteiger charge is 2.00. The maximum Gasteiger partial charge on any atom is 0.0762 e. The fraction of sp³-hybridized carbons (Fsp3) is 0.250. The molecule has 0 atom stereocenters. The first kappa shape index (κ1) is 12.4. The van der Waals surface area contributed by atoms with Gasteiger partial charge in [0.05, 0.1) is 15.7 Å². The van der Waals surface area contributed by atoms with Crippen LogP contribution in [-0.2, 0) is 20.1 Å². The molecule has 0 saturated heterocycles. The second-order valence-corrected chi connectivity index (χ2v) is 4.65. The molecule has 1 aromatic carbocycles. The summed E-state index contributed by atoms with van der Waals surface area (Å²) >= 11 is 11.8. The third-order valence-electron chi connectivity index (χ3n) is 2.39. The molecule has 2 rings (SSSR count). The van der Waals surface area contributed by atoms with Crippen LogP contribution in [0.5, 0.6) is 0 Å². The Kier molecular flexibility index (Phi) is 4.05. The molecule has 0 bridgehead atoms. The third kappa shape index (κ3) is 3.46. The smallest absolute Gasteiger partial charge is 0.0762 e.